The summed E-state index contributed by atoms with van der Waals surface area (Å²) in [5.74, 6) is -3.77. The van der Waals surface area contributed by atoms with E-state index < -0.39 is 31.9 Å². The second-order valence-electron chi connectivity index (χ2n) is 2.71. The Kier molecular flexibility index (Phi) is 5.22. The molecule has 0 amide bonds. The van der Waals surface area contributed by atoms with Crippen molar-refractivity contribution in [2.24, 2.45) is 0 Å². The summed E-state index contributed by atoms with van der Waals surface area (Å²) < 4.78 is 23.2. The molecule has 0 rings (SSSR count). The highest BCUT2D eigenvalue weighted by atomic mass is 31.2. The molecule has 0 aromatic rings. The Morgan fingerprint density at radius 1 is 1.57 bits per heavy atom. The molecule has 2 atom stereocenters. The summed E-state index contributed by atoms with van der Waals surface area (Å²) in [4.78, 5) is 27.3. The van der Waals surface area contributed by atoms with E-state index in [2.05, 4.69) is 5.32 Å². The first-order chi connectivity index (χ1) is 6.29. The van der Waals surface area contributed by atoms with Gasteiger partial charge in [-0.3, -0.25) is 9.36 Å². The molecule has 14 heavy (non-hydrogen) atoms. The van der Waals surface area contributed by atoms with E-state index in [-0.39, 0.29) is 6.54 Å². The molecular formula is C6H13FNO5P. The van der Waals surface area contributed by atoms with Gasteiger partial charge in [-0.1, -0.05) is 6.92 Å². The number of nitrogens with one attached hydrogen (secondary N) is 1. The van der Waals surface area contributed by atoms with Crippen LogP contribution in [0.1, 0.15) is 13.3 Å². The minimum atomic E-state index is -4.84. The fourth-order valence-corrected chi connectivity index (χ4v) is 1.34. The number of rotatable bonds is 6. The van der Waals surface area contributed by atoms with Crippen molar-refractivity contribution in [1.29, 1.82) is 0 Å². The molecule has 0 bridgehead atoms. The second kappa shape index (κ2) is 5.41. The average Bonchev–Trinajstić information content (AvgIpc) is 2.01. The van der Waals surface area contributed by atoms with Gasteiger partial charge in [0.1, 0.15) is 6.04 Å². The lowest BCUT2D eigenvalue weighted by Crippen LogP contribution is -2.38. The molecule has 0 radical (unpaired) electrons. The third kappa shape index (κ3) is 4.66. The second-order valence-corrected chi connectivity index (χ2v) is 4.45. The molecule has 0 aromatic carbocycles. The Morgan fingerprint density at radius 2 is 2.07 bits per heavy atom. The zero-order valence-corrected chi connectivity index (χ0v) is 8.45. The molecule has 0 aliphatic carbocycles. The number of carbonyl (C=O) groups is 1. The fourth-order valence-electron chi connectivity index (χ4n) is 0.850. The quantitative estimate of drug-likeness (QED) is 0.474. The van der Waals surface area contributed by atoms with Crippen LogP contribution in [0.3, 0.4) is 0 Å². The summed E-state index contributed by atoms with van der Waals surface area (Å²) in [6.07, 6.45) is -0.743. The van der Waals surface area contributed by atoms with Gasteiger partial charge in [-0.05, 0) is 6.54 Å². The SMILES string of the molecule is CCN[C@@H](C[C@H](F)P(=O)(O)O)C(=O)O. The minimum Gasteiger partial charge on any atom is -0.480 e. The maximum absolute atomic E-state index is 12.8. The molecule has 0 unspecified atom stereocenters. The van der Waals surface area contributed by atoms with E-state index in [4.69, 9.17) is 14.9 Å². The van der Waals surface area contributed by atoms with Gasteiger partial charge in [0.2, 0.25) is 5.91 Å². The Bertz CT molecular complexity index is 242. The van der Waals surface area contributed by atoms with Crippen molar-refractivity contribution in [3.63, 3.8) is 0 Å². The Labute approximate surface area is 80.3 Å². The van der Waals surface area contributed by atoms with Crippen LogP contribution in [0, 0.1) is 0 Å². The molecule has 84 valence electrons. The highest BCUT2D eigenvalue weighted by Crippen LogP contribution is 2.44. The monoisotopic (exact) mass is 229 g/mol. The number of hydrogen-bond acceptors (Lipinski definition) is 3. The number of halogens is 1. The topological polar surface area (TPSA) is 107 Å². The standard InChI is InChI=1S/C6H13FNO5P/c1-2-8-4(6(9)10)3-5(7)14(11,12)13/h4-5,8H,2-3H2,1H3,(H,9,10)(H2,11,12,13)/t4-,5+/m0/s1. The van der Waals surface area contributed by atoms with E-state index in [1.807, 2.05) is 0 Å². The van der Waals surface area contributed by atoms with Crippen LogP contribution in [-0.4, -0.2) is 39.4 Å². The smallest absolute Gasteiger partial charge is 0.359 e. The van der Waals surface area contributed by atoms with Crippen molar-refractivity contribution in [2.45, 2.75) is 25.3 Å². The average molecular weight is 229 g/mol. The van der Waals surface area contributed by atoms with Crippen LogP contribution < -0.4 is 5.32 Å². The van der Waals surface area contributed by atoms with E-state index in [0.29, 0.717) is 0 Å². The first-order valence-corrected chi connectivity index (χ1v) is 5.62. The molecule has 0 fully saturated rings. The third-order valence-electron chi connectivity index (χ3n) is 1.54. The summed E-state index contributed by atoms with van der Waals surface area (Å²) in [6.45, 7) is 1.89. The molecule has 0 aromatic heterocycles. The molecule has 6 nitrogen and oxygen atoms in total. The van der Waals surface area contributed by atoms with Crippen LogP contribution in [0.2, 0.25) is 0 Å². The van der Waals surface area contributed by atoms with Crippen molar-refractivity contribution in [3.8, 4) is 0 Å². The van der Waals surface area contributed by atoms with Crippen LogP contribution in [0.25, 0.3) is 0 Å². The van der Waals surface area contributed by atoms with Crippen molar-refractivity contribution >= 4 is 13.6 Å². The molecule has 0 saturated heterocycles. The van der Waals surface area contributed by atoms with Gasteiger partial charge in [0.25, 0.3) is 0 Å². The first kappa shape index (κ1) is 13.5. The highest BCUT2D eigenvalue weighted by molar-refractivity contribution is 7.52. The Balaban J connectivity index is 4.30. The van der Waals surface area contributed by atoms with Gasteiger partial charge in [-0.25, -0.2) is 4.39 Å². The number of hydrogen-bond donors (Lipinski definition) is 4. The van der Waals surface area contributed by atoms with Gasteiger partial charge in [0.05, 0.1) is 0 Å². The zero-order chi connectivity index (χ0) is 11.4. The summed E-state index contributed by atoms with van der Waals surface area (Å²) >= 11 is 0. The van der Waals surface area contributed by atoms with Gasteiger partial charge < -0.3 is 20.2 Å². The number of carboxylic acid groups (broad SMARTS) is 1. The van der Waals surface area contributed by atoms with Gasteiger partial charge >= 0.3 is 13.6 Å². The lowest BCUT2D eigenvalue weighted by atomic mass is 10.2. The normalized spacial score (nSPS) is 16.3. The summed E-state index contributed by atoms with van der Waals surface area (Å²) in [5, 5.41) is 10.9. The van der Waals surface area contributed by atoms with E-state index >= 15 is 0 Å². The van der Waals surface area contributed by atoms with Crippen molar-refractivity contribution < 1.29 is 28.6 Å². The molecule has 4 N–H and O–H groups in total. The van der Waals surface area contributed by atoms with Gasteiger partial charge in [0, 0.05) is 6.42 Å². The van der Waals surface area contributed by atoms with E-state index in [9.17, 15) is 13.8 Å². The molecule has 0 aliphatic heterocycles. The predicted molar refractivity (Wildman–Crippen MR) is 46.7 cm³/mol. The summed E-state index contributed by atoms with van der Waals surface area (Å²) in [5.41, 5.74) is 0. The van der Waals surface area contributed by atoms with Crippen molar-refractivity contribution in [2.75, 3.05) is 6.54 Å². The van der Waals surface area contributed by atoms with Crippen molar-refractivity contribution in [3.05, 3.63) is 0 Å². The highest BCUT2D eigenvalue weighted by Gasteiger charge is 2.33. The maximum atomic E-state index is 12.8. The maximum Gasteiger partial charge on any atom is 0.359 e. The van der Waals surface area contributed by atoms with Crippen LogP contribution in [0.4, 0.5) is 4.39 Å². The molecule has 0 spiro atoms. The molecule has 0 heterocycles. The van der Waals surface area contributed by atoms with Crippen molar-refractivity contribution in [1.82, 2.24) is 5.32 Å². The Morgan fingerprint density at radius 3 is 2.36 bits per heavy atom. The number of likely N-dealkylation sites (N-methyl/N-ethyl adjacent to an activating group) is 1. The lowest BCUT2D eigenvalue weighted by molar-refractivity contribution is -0.139. The van der Waals surface area contributed by atoms with E-state index in [1.54, 1.807) is 6.92 Å². The number of aliphatic carboxylic acids is 1. The summed E-state index contributed by atoms with van der Waals surface area (Å²) in [7, 11) is -4.84. The van der Waals surface area contributed by atoms with Gasteiger partial charge in [-0.15, -0.1) is 0 Å². The minimum absolute atomic E-state index is 0.283. The van der Waals surface area contributed by atoms with E-state index in [1.165, 1.54) is 0 Å². The lowest BCUT2D eigenvalue weighted by Gasteiger charge is -2.16. The number of alkyl halides is 1. The molecule has 8 heteroatoms. The van der Waals surface area contributed by atoms with E-state index in [0.717, 1.165) is 0 Å². The third-order valence-corrected chi connectivity index (χ3v) is 2.48. The van der Waals surface area contributed by atoms with Crippen LogP contribution in [-0.2, 0) is 9.36 Å². The van der Waals surface area contributed by atoms with Gasteiger partial charge in [-0.2, -0.15) is 0 Å². The Hall–Kier alpha value is -0.490. The molecule has 0 saturated carbocycles. The predicted octanol–water partition coefficient (Wildman–Crippen LogP) is -0.0875. The van der Waals surface area contributed by atoms with Gasteiger partial charge in [0.15, 0.2) is 0 Å². The molecular weight excluding hydrogens is 216 g/mol. The van der Waals surface area contributed by atoms with Crippen LogP contribution >= 0.6 is 7.60 Å². The summed E-state index contributed by atoms with van der Waals surface area (Å²) in [6, 6.07) is -1.28. The number of carboxylic acids is 1. The van der Waals surface area contributed by atoms with Crippen LogP contribution in [0.15, 0.2) is 0 Å². The largest absolute Gasteiger partial charge is 0.480 e. The fraction of sp³-hybridized carbons (Fsp3) is 0.833. The zero-order valence-electron chi connectivity index (χ0n) is 7.55. The molecule has 0 aliphatic rings. The van der Waals surface area contributed by atoms with Crippen LogP contribution in [0.5, 0.6) is 0 Å². The first-order valence-electron chi connectivity index (χ1n) is 3.94.